The second kappa shape index (κ2) is 5.69. The molecule has 0 unspecified atom stereocenters. The van der Waals surface area contributed by atoms with Gasteiger partial charge in [-0.25, -0.2) is 9.55 Å². The Morgan fingerprint density at radius 1 is 1.06 bits per heavy atom. The van der Waals surface area contributed by atoms with Gasteiger partial charge in [0.1, 0.15) is 0 Å². The van der Waals surface area contributed by atoms with E-state index >= 15 is 0 Å². The maximum Gasteiger partial charge on any atom is 0.242 e. The van der Waals surface area contributed by atoms with Crippen LogP contribution >= 0.6 is 0 Å². The van der Waals surface area contributed by atoms with E-state index in [1.165, 1.54) is 43.1 Å². The average Bonchev–Trinajstić information content (AvgIpc) is 2.73. The number of aromatic nitrogens is 2. The van der Waals surface area contributed by atoms with E-state index in [2.05, 4.69) is 47.1 Å². The number of fused-ring (bicyclic) bond motifs is 1. The minimum atomic E-state index is 1.13. The number of imidazole rings is 1. The summed E-state index contributed by atoms with van der Waals surface area (Å²) in [5.41, 5.74) is 2.55. The Balaban J connectivity index is 1.89. The fourth-order valence-corrected chi connectivity index (χ4v) is 2.13. The second-order valence-electron chi connectivity index (χ2n) is 4.40. The van der Waals surface area contributed by atoms with E-state index in [1.807, 2.05) is 0 Å². The van der Waals surface area contributed by atoms with Crippen LogP contribution in [-0.4, -0.2) is 4.98 Å². The summed E-state index contributed by atoms with van der Waals surface area (Å²) in [6, 6.07) is 8.48. The van der Waals surface area contributed by atoms with Crippen LogP contribution in [0, 0.1) is 0 Å². The Kier molecular flexibility index (Phi) is 3.97. The normalized spacial score (nSPS) is 11.1. The zero-order valence-corrected chi connectivity index (χ0v) is 10.1. The molecule has 2 aromatic rings. The van der Waals surface area contributed by atoms with Crippen molar-refractivity contribution < 1.29 is 4.57 Å². The standard InChI is InChI=1S/C14H20N2/c1-2-3-4-5-8-11-16-12-15-13-9-6-7-10-14(13)16/h6-7,9-10,12H,2-5,8,11H2,1H3/p+1. The number of rotatable bonds is 6. The molecule has 0 spiro atoms. The van der Waals surface area contributed by atoms with Gasteiger partial charge in [-0.1, -0.05) is 38.3 Å². The van der Waals surface area contributed by atoms with Gasteiger partial charge in [0.05, 0.1) is 6.54 Å². The number of nitrogens with one attached hydrogen (secondary N) is 1. The Morgan fingerprint density at radius 2 is 1.88 bits per heavy atom. The van der Waals surface area contributed by atoms with Crippen molar-refractivity contribution in [1.29, 1.82) is 0 Å². The molecule has 1 aromatic carbocycles. The highest BCUT2D eigenvalue weighted by Gasteiger charge is 2.06. The first-order chi connectivity index (χ1) is 7.92. The molecule has 1 heterocycles. The first kappa shape index (κ1) is 11.2. The molecule has 0 amide bonds. The number of para-hydroxylation sites is 2. The Bertz CT molecular complexity index is 431. The van der Waals surface area contributed by atoms with Gasteiger partial charge in [0.2, 0.25) is 6.33 Å². The highest BCUT2D eigenvalue weighted by atomic mass is 15.0. The van der Waals surface area contributed by atoms with Crippen molar-refractivity contribution in [1.82, 2.24) is 4.98 Å². The monoisotopic (exact) mass is 217 g/mol. The molecule has 0 bridgehead atoms. The first-order valence-corrected chi connectivity index (χ1v) is 6.37. The summed E-state index contributed by atoms with van der Waals surface area (Å²) in [6.07, 6.45) is 8.79. The maximum absolute atomic E-state index is 3.30. The van der Waals surface area contributed by atoms with Gasteiger partial charge in [-0.2, -0.15) is 0 Å². The first-order valence-electron chi connectivity index (χ1n) is 6.37. The molecule has 1 N–H and O–H groups in total. The van der Waals surface area contributed by atoms with E-state index in [4.69, 9.17) is 0 Å². The molecule has 0 aliphatic rings. The average molecular weight is 217 g/mol. The van der Waals surface area contributed by atoms with Crippen LogP contribution in [0.15, 0.2) is 30.6 Å². The zero-order valence-electron chi connectivity index (χ0n) is 10.1. The van der Waals surface area contributed by atoms with Gasteiger partial charge in [-0.3, -0.25) is 0 Å². The Hall–Kier alpha value is -1.31. The summed E-state index contributed by atoms with van der Waals surface area (Å²) in [7, 11) is 0. The number of benzene rings is 1. The summed E-state index contributed by atoms with van der Waals surface area (Å²) in [4.78, 5) is 3.30. The lowest BCUT2D eigenvalue weighted by molar-refractivity contribution is -0.671. The summed E-state index contributed by atoms with van der Waals surface area (Å²) in [5.74, 6) is 0. The smallest absolute Gasteiger partial charge is 0.242 e. The third kappa shape index (κ3) is 2.63. The lowest BCUT2D eigenvalue weighted by Crippen LogP contribution is -2.31. The molecule has 16 heavy (non-hydrogen) atoms. The second-order valence-corrected chi connectivity index (χ2v) is 4.40. The lowest BCUT2D eigenvalue weighted by Gasteiger charge is -1.98. The summed E-state index contributed by atoms with van der Waals surface area (Å²) >= 11 is 0. The molecular formula is C14H21N2+. The molecule has 2 nitrogen and oxygen atoms in total. The van der Waals surface area contributed by atoms with Gasteiger partial charge < -0.3 is 0 Å². The number of aromatic amines is 1. The number of hydrogen-bond donors (Lipinski definition) is 1. The van der Waals surface area contributed by atoms with Crippen LogP contribution in [0.2, 0.25) is 0 Å². The van der Waals surface area contributed by atoms with Crippen LogP contribution in [-0.2, 0) is 6.54 Å². The summed E-state index contributed by atoms with van der Waals surface area (Å²) < 4.78 is 2.32. The molecule has 0 aliphatic carbocycles. The molecule has 86 valence electrons. The summed E-state index contributed by atoms with van der Waals surface area (Å²) in [6.45, 7) is 3.39. The van der Waals surface area contributed by atoms with Crippen LogP contribution in [0.25, 0.3) is 11.0 Å². The number of H-pyrrole nitrogens is 1. The van der Waals surface area contributed by atoms with Crippen molar-refractivity contribution in [2.75, 3.05) is 0 Å². The fraction of sp³-hybridized carbons (Fsp3) is 0.500. The van der Waals surface area contributed by atoms with Crippen molar-refractivity contribution in [3.05, 3.63) is 30.6 Å². The Morgan fingerprint density at radius 3 is 2.75 bits per heavy atom. The van der Waals surface area contributed by atoms with Crippen molar-refractivity contribution in [3.63, 3.8) is 0 Å². The molecule has 0 fully saturated rings. The largest absolute Gasteiger partial charge is 0.243 e. The van der Waals surface area contributed by atoms with Gasteiger partial charge in [0.25, 0.3) is 0 Å². The number of nitrogens with zero attached hydrogens (tertiary/aromatic N) is 1. The number of aryl methyl sites for hydroxylation is 1. The zero-order chi connectivity index (χ0) is 11.2. The van der Waals surface area contributed by atoms with E-state index in [1.54, 1.807) is 0 Å². The van der Waals surface area contributed by atoms with Crippen molar-refractivity contribution in [2.45, 2.75) is 45.6 Å². The third-order valence-electron chi connectivity index (χ3n) is 3.09. The lowest BCUT2D eigenvalue weighted by atomic mass is 10.1. The molecule has 1 aromatic heterocycles. The molecule has 0 radical (unpaired) electrons. The SMILES string of the molecule is CCCCCCC[n+]1c[nH]c2ccccc21. The summed E-state index contributed by atoms with van der Waals surface area (Å²) in [5, 5.41) is 0. The van der Waals surface area contributed by atoms with Gasteiger partial charge in [-0.05, 0) is 25.0 Å². The van der Waals surface area contributed by atoms with E-state index in [-0.39, 0.29) is 0 Å². The van der Waals surface area contributed by atoms with Gasteiger partial charge >= 0.3 is 0 Å². The molecule has 0 saturated carbocycles. The third-order valence-corrected chi connectivity index (χ3v) is 3.09. The molecule has 0 atom stereocenters. The molecular weight excluding hydrogens is 196 g/mol. The predicted octanol–water partition coefficient (Wildman–Crippen LogP) is 3.43. The van der Waals surface area contributed by atoms with Gasteiger partial charge in [0, 0.05) is 0 Å². The molecule has 0 aliphatic heterocycles. The molecule has 2 heteroatoms. The van der Waals surface area contributed by atoms with Crippen LogP contribution in [0.1, 0.15) is 39.0 Å². The van der Waals surface area contributed by atoms with E-state index in [9.17, 15) is 0 Å². The van der Waals surface area contributed by atoms with E-state index < -0.39 is 0 Å². The van der Waals surface area contributed by atoms with E-state index in [0.29, 0.717) is 0 Å². The molecule has 2 rings (SSSR count). The minimum Gasteiger partial charge on any atom is -0.243 e. The van der Waals surface area contributed by atoms with E-state index in [0.717, 1.165) is 6.54 Å². The molecule has 0 saturated heterocycles. The number of hydrogen-bond acceptors (Lipinski definition) is 0. The number of unbranched alkanes of at least 4 members (excludes halogenated alkanes) is 4. The van der Waals surface area contributed by atoms with Gasteiger partial charge in [0.15, 0.2) is 11.0 Å². The fourth-order valence-electron chi connectivity index (χ4n) is 2.13. The van der Waals surface area contributed by atoms with Crippen LogP contribution in [0.4, 0.5) is 0 Å². The van der Waals surface area contributed by atoms with Crippen LogP contribution in [0.5, 0.6) is 0 Å². The van der Waals surface area contributed by atoms with Crippen molar-refractivity contribution in [3.8, 4) is 0 Å². The minimum absolute atomic E-state index is 1.13. The van der Waals surface area contributed by atoms with Gasteiger partial charge in [-0.15, -0.1) is 0 Å². The van der Waals surface area contributed by atoms with Crippen LogP contribution in [0.3, 0.4) is 0 Å². The topological polar surface area (TPSA) is 19.7 Å². The quantitative estimate of drug-likeness (QED) is 0.565. The van der Waals surface area contributed by atoms with Crippen molar-refractivity contribution in [2.24, 2.45) is 0 Å². The van der Waals surface area contributed by atoms with Crippen molar-refractivity contribution >= 4 is 11.0 Å². The van der Waals surface area contributed by atoms with Crippen LogP contribution < -0.4 is 4.57 Å². The highest BCUT2D eigenvalue weighted by Crippen LogP contribution is 2.07. The predicted molar refractivity (Wildman–Crippen MR) is 67.3 cm³/mol. The maximum atomic E-state index is 3.30. The highest BCUT2D eigenvalue weighted by molar-refractivity contribution is 5.70. The Labute approximate surface area is 97.3 Å².